The van der Waals surface area contributed by atoms with Crippen LogP contribution in [0, 0.1) is 5.92 Å². The van der Waals surface area contributed by atoms with E-state index in [1.165, 1.54) is 17.5 Å². The molecule has 0 amide bonds. The normalized spacial score (nSPS) is 36.6. The van der Waals surface area contributed by atoms with Crippen molar-refractivity contribution in [3.8, 4) is 5.75 Å². The SMILES string of the molecule is CC1CN(C)C2Cc3ccc(O)cc3[C@]1(C)C2. The van der Waals surface area contributed by atoms with Crippen LogP contribution < -0.4 is 0 Å². The van der Waals surface area contributed by atoms with Crippen molar-refractivity contribution in [3.05, 3.63) is 29.3 Å². The Hall–Kier alpha value is -1.02. The van der Waals surface area contributed by atoms with Gasteiger partial charge in [0, 0.05) is 12.6 Å². The number of phenols is 1. The third kappa shape index (κ3) is 1.50. The summed E-state index contributed by atoms with van der Waals surface area (Å²) in [6, 6.07) is 6.61. The van der Waals surface area contributed by atoms with Crippen molar-refractivity contribution in [2.75, 3.05) is 13.6 Å². The van der Waals surface area contributed by atoms with Crippen molar-refractivity contribution < 1.29 is 5.11 Å². The second-order valence-corrected chi connectivity index (χ2v) is 6.16. The molecular formula is C15H21NO. The van der Waals surface area contributed by atoms with E-state index in [0.29, 0.717) is 17.7 Å². The molecule has 1 aliphatic heterocycles. The predicted octanol–water partition coefficient (Wildman–Crippen LogP) is 2.55. The average Bonchev–Trinajstić information content (AvgIpc) is 2.28. The Balaban J connectivity index is 2.15. The predicted molar refractivity (Wildman–Crippen MR) is 69.4 cm³/mol. The van der Waals surface area contributed by atoms with Gasteiger partial charge in [0.15, 0.2) is 0 Å². The van der Waals surface area contributed by atoms with Crippen molar-refractivity contribution in [1.29, 1.82) is 0 Å². The molecule has 2 nitrogen and oxygen atoms in total. The largest absolute Gasteiger partial charge is 0.508 e. The summed E-state index contributed by atoms with van der Waals surface area (Å²) in [4.78, 5) is 2.50. The minimum Gasteiger partial charge on any atom is -0.508 e. The second kappa shape index (κ2) is 3.49. The zero-order chi connectivity index (χ0) is 12.2. The van der Waals surface area contributed by atoms with Gasteiger partial charge in [-0.1, -0.05) is 19.9 Å². The van der Waals surface area contributed by atoms with Crippen LogP contribution in [0.3, 0.4) is 0 Å². The highest BCUT2D eigenvalue weighted by molar-refractivity contribution is 5.43. The van der Waals surface area contributed by atoms with E-state index in [4.69, 9.17) is 0 Å². The van der Waals surface area contributed by atoms with Crippen LogP contribution in [0.2, 0.25) is 0 Å². The Bertz CT molecular complexity index is 456. The summed E-state index contributed by atoms with van der Waals surface area (Å²) in [7, 11) is 2.24. The minimum atomic E-state index is 0.240. The lowest BCUT2D eigenvalue weighted by Gasteiger charge is -2.52. The van der Waals surface area contributed by atoms with Gasteiger partial charge in [-0.2, -0.15) is 0 Å². The molecule has 3 rings (SSSR count). The van der Waals surface area contributed by atoms with Gasteiger partial charge in [-0.15, -0.1) is 0 Å². The number of aromatic hydroxyl groups is 1. The van der Waals surface area contributed by atoms with Crippen LogP contribution in [0.15, 0.2) is 18.2 Å². The number of likely N-dealkylation sites (N-methyl/N-ethyl adjacent to an activating group) is 1. The van der Waals surface area contributed by atoms with E-state index in [0.717, 1.165) is 13.0 Å². The zero-order valence-electron chi connectivity index (χ0n) is 10.9. The number of benzene rings is 1. The molecule has 2 unspecified atom stereocenters. The van der Waals surface area contributed by atoms with Crippen molar-refractivity contribution in [2.24, 2.45) is 5.92 Å². The number of nitrogens with zero attached hydrogens (tertiary/aromatic N) is 1. The first-order valence-electron chi connectivity index (χ1n) is 6.53. The number of likely N-dealkylation sites (tertiary alicyclic amines) is 1. The number of phenolic OH excluding ortho intramolecular Hbond substituents is 1. The fourth-order valence-electron chi connectivity index (χ4n) is 3.76. The summed E-state index contributed by atoms with van der Waals surface area (Å²) in [6.45, 7) is 5.87. The molecule has 1 saturated heterocycles. The fraction of sp³-hybridized carbons (Fsp3) is 0.600. The molecule has 1 fully saturated rings. The number of hydrogen-bond acceptors (Lipinski definition) is 2. The van der Waals surface area contributed by atoms with Crippen LogP contribution in [-0.2, 0) is 11.8 Å². The maximum atomic E-state index is 9.73. The van der Waals surface area contributed by atoms with Gasteiger partial charge in [0.2, 0.25) is 0 Å². The van der Waals surface area contributed by atoms with Crippen molar-refractivity contribution in [3.63, 3.8) is 0 Å². The summed E-state index contributed by atoms with van der Waals surface area (Å²) in [5, 5.41) is 9.73. The van der Waals surface area contributed by atoms with Gasteiger partial charge in [0.05, 0.1) is 0 Å². The molecule has 3 atom stereocenters. The molecule has 1 aromatic carbocycles. The van der Waals surface area contributed by atoms with Gasteiger partial charge in [0.1, 0.15) is 5.75 Å². The van der Waals surface area contributed by atoms with Gasteiger partial charge in [-0.3, -0.25) is 0 Å². The molecule has 0 radical (unpaired) electrons. The molecule has 0 saturated carbocycles. The maximum Gasteiger partial charge on any atom is 0.115 e. The molecule has 2 heteroatoms. The van der Waals surface area contributed by atoms with E-state index in [-0.39, 0.29) is 5.41 Å². The summed E-state index contributed by atoms with van der Waals surface area (Å²) >= 11 is 0. The Morgan fingerprint density at radius 3 is 2.94 bits per heavy atom. The lowest BCUT2D eigenvalue weighted by Crippen LogP contribution is -2.54. The van der Waals surface area contributed by atoms with Crippen LogP contribution >= 0.6 is 0 Å². The molecule has 17 heavy (non-hydrogen) atoms. The van der Waals surface area contributed by atoms with Crippen molar-refractivity contribution >= 4 is 0 Å². The Morgan fingerprint density at radius 2 is 2.18 bits per heavy atom. The van der Waals surface area contributed by atoms with Gasteiger partial charge in [-0.25, -0.2) is 0 Å². The summed E-state index contributed by atoms with van der Waals surface area (Å²) < 4.78 is 0. The molecule has 1 aliphatic carbocycles. The van der Waals surface area contributed by atoms with Crippen molar-refractivity contribution in [1.82, 2.24) is 4.90 Å². The summed E-state index contributed by atoms with van der Waals surface area (Å²) in [5.41, 5.74) is 3.05. The topological polar surface area (TPSA) is 23.5 Å². The van der Waals surface area contributed by atoms with Crippen LogP contribution in [0.25, 0.3) is 0 Å². The average molecular weight is 231 g/mol. The lowest BCUT2D eigenvalue weighted by atomic mass is 9.60. The van der Waals surface area contributed by atoms with Gasteiger partial charge < -0.3 is 10.0 Å². The Morgan fingerprint density at radius 1 is 1.41 bits per heavy atom. The van der Waals surface area contributed by atoms with E-state index in [1.54, 1.807) is 0 Å². The Labute approximate surface area is 103 Å². The van der Waals surface area contributed by atoms with E-state index < -0.39 is 0 Å². The fourth-order valence-corrected chi connectivity index (χ4v) is 3.76. The van der Waals surface area contributed by atoms with Crippen LogP contribution in [0.1, 0.15) is 31.4 Å². The van der Waals surface area contributed by atoms with E-state index in [1.807, 2.05) is 12.1 Å². The first kappa shape index (κ1) is 11.1. The molecular weight excluding hydrogens is 210 g/mol. The van der Waals surface area contributed by atoms with Gasteiger partial charge in [-0.05, 0) is 54.5 Å². The maximum absolute atomic E-state index is 9.73. The molecule has 92 valence electrons. The molecule has 2 bridgehead atoms. The number of rotatable bonds is 0. The molecule has 1 heterocycles. The first-order chi connectivity index (χ1) is 8.00. The molecule has 1 aromatic rings. The first-order valence-corrected chi connectivity index (χ1v) is 6.53. The Kier molecular flexibility index (Phi) is 2.27. The highest BCUT2D eigenvalue weighted by atomic mass is 16.3. The second-order valence-electron chi connectivity index (χ2n) is 6.16. The summed E-state index contributed by atoms with van der Waals surface area (Å²) in [5.74, 6) is 1.05. The molecule has 0 spiro atoms. The van der Waals surface area contributed by atoms with Crippen molar-refractivity contribution in [2.45, 2.75) is 38.1 Å². The van der Waals surface area contributed by atoms with Gasteiger partial charge >= 0.3 is 0 Å². The third-order valence-corrected chi connectivity index (χ3v) is 5.10. The van der Waals surface area contributed by atoms with E-state index in [9.17, 15) is 5.11 Å². The number of hydrogen-bond donors (Lipinski definition) is 1. The van der Waals surface area contributed by atoms with E-state index in [2.05, 4.69) is 31.9 Å². The van der Waals surface area contributed by atoms with Crippen LogP contribution in [0.5, 0.6) is 5.75 Å². The monoisotopic (exact) mass is 231 g/mol. The number of fused-ring (bicyclic) bond motifs is 4. The lowest BCUT2D eigenvalue weighted by molar-refractivity contribution is 0.0640. The minimum absolute atomic E-state index is 0.240. The summed E-state index contributed by atoms with van der Waals surface area (Å²) in [6.07, 6.45) is 2.36. The van der Waals surface area contributed by atoms with E-state index >= 15 is 0 Å². The molecule has 1 N–H and O–H groups in total. The number of piperidine rings is 1. The van der Waals surface area contributed by atoms with Crippen LogP contribution in [-0.4, -0.2) is 29.6 Å². The highest BCUT2D eigenvalue weighted by Crippen LogP contribution is 2.47. The molecule has 0 aromatic heterocycles. The highest BCUT2D eigenvalue weighted by Gasteiger charge is 2.45. The zero-order valence-corrected chi connectivity index (χ0v) is 10.9. The van der Waals surface area contributed by atoms with Gasteiger partial charge in [0.25, 0.3) is 0 Å². The molecule has 2 aliphatic rings. The standard InChI is InChI=1S/C15H21NO/c1-10-9-16(3)12-6-11-4-5-13(17)7-14(11)15(10,2)8-12/h4-5,7,10,12,17H,6,8-9H2,1-3H3/t10?,12?,15-/m1/s1. The smallest absolute Gasteiger partial charge is 0.115 e. The van der Waals surface area contributed by atoms with Crippen LogP contribution in [0.4, 0.5) is 0 Å². The quantitative estimate of drug-likeness (QED) is 0.741. The third-order valence-electron chi connectivity index (χ3n) is 5.10.